The highest BCUT2D eigenvalue weighted by Gasteiger charge is 2.03. The zero-order valence-corrected chi connectivity index (χ0v) is 10.9. The van der Waals surface area contributed by atoms with Gasteiger partial charge in [-0.05, 0) is 17.7 Å². The van der Waals surface area contributed by atoms with Gasteiger partial charge in [0.2, 0.25) is 0 Å². The fraction of sp³-hybridized carbons (Fsp3) is 0.167. The van der Waals surface area contributed by atoms with Crippen molar-refractivity contribution in [1.29, 1.82) is 0 Å². The highest BCUT2D eigenvalue weighted by Crippen LogP contribution is 2.19. The molecule has 4 heteroatoms. The first-order valence-electron chi connectivity index (χ1n) is 4.89. The summed E-state index contributed by atoms with van der Waals surface area (Å²) in [6.45, 7) is 0. The number of hydrogen-bond acceptors (Lipinski definition) is 3. The van der Waals surface area contributed by atoms with E-state index in [0.717, 1.165) is 27.1 Å². The maximum Gasteiger partial charge on any atom is 0.125 e. The van der Waals surface area contributed by atoms with E-state index in [1.807, 2.05) is 12.1 Å². The van der Waals surface area contributed by atoms with Gasteiger partial charge in [-0.1, -0.05) is 28.1 Å². The zero-order valence-electron chi connectivity index (χ0n) is 8.52. The number of carbonyl (C=O) groups excluding carboxylic acids is 1. The van der Waals surface area contributed by atoms with E-state index in [-0.39, 0.29) is 0 Å². The van der Waals surface area contributed by atoms with E-state index >= 15 is 0 Å². The lowest BCUT2D eigenvalue weighted by Crippen LogP contribution is -1.85. The summed E-state index contributed by atoms with van der Waals surface area (Å²) in [5.74, 6) is 0. The monoisotopic (exact) mass is 295 g/mol. The van der Waals surface area contributed by atoms with Gasteiger partial charge in [0, 0.05) is 28.4 Å². The number of halogens is 1. The summed E-state index contributed by atoms with van der Waals surface area (Å²) in [6.07, 6.45) is 3.99. The van der Waals surface area contributed by atoms with Crippen LogP contribution in [0.2, 0.25) is 0 Å². The highest BCUT2D eigenvalue weighted by molar-refractivity contribution is 9.10. The number of nitrogens with zero attached hydrogens (tertiary/aromatic N) is 1. The number of benzene rings is 1. The molecule has 0 amide bonds. The Morgan fingerprint density at radius 1 is 1.44 bits per heavy atom. The average Bonchev–Trinajstić information content (AvgIpc) is 2.66. The maximum atomic E-state index is 10.4. The molecule has 0 aliphatic carbocycles. The van der Waals surface area contributed by atoms with Crippen LogP contribution in [0, 0.1) is 0 Å². The molecule has 82 valence electrons. The smallest absolute Gasteiger partial charge is 0.125 e. The van der Waals surface area contributed by atoms with E-state index in [1.54, 1.807) is 17.5 Å². The molecule has 0 saturated carbocycles. The van der Waals surface area contributed by atoms with Crippen molar-refractivity contribution in [2.45, 2.75) is 12.8 Å². The van der Waals surface area contributed by atoms with Crippen molar-refractivity contribution in [3.8, 4) is 0 Å². The van der Waals surface area contributed by atoms with E-state index in [2.05, 4.69) is 33.0 Å². The summed E-state index contributed by atoms with van der Waals surface area (Å²) < 4.78 is 1.08. The average molecular weight is 296 g/mol. The van der Waals surface area contributed by atoms with Crippen molar-refractivity contribution in [2.24, 2.45) is 0 Å². The van der Waals surface area contributed by atoms with E-state index in [9.17, 15) is 4.79 Å². The summed E-state index contributed by atoms with van der Waals surface area (Å²) in [6, 6.07) is 8.18. The van der Waals surface area contributed by atoms with E-state index in [4.69, 9.17) is 0 Å². The molecule has 0 bridgehead atoms. The van der Waals surface area contributed by atoms with E-state index in [1.165, 1.54) is 5.56 Å². The minimum atomic E-state index is 0.468. The van der Waals surface area contributed by atoms with Crippen LogP contribution in [-0.2, 0) is 17.6 Å². The molecule has 0 fully saturated rings. The lowest BCUT2D eigenvalue weighted by atomic mass is 10.2. The number of hydrogen-bond donors (Lipinski definition) is 0. The van der Waals surface area contributed by atoms with Gasteiger partial charge in [0.1, 0.15) is 6.29 Å². The van der Waals surface area contributed by atoms with E-state index < -0.39 is 0 Å². The highest BCUT2D eigenvalue weighted by atomic mass is 79.9. The molecule has 1 aromatic carbocycles. The van der Waals surface area contributed by atoms with Crippen LogP contribution in [-0.4, -0.2) is 11.3 Å². The van der Waals surface area contributed by atoms with Crippen molar-refractivity contribution < 1.29 is 4.79 Å². The number of rotatable bonds is 4. The van der Waals surface area contributed by atoms with Gasteiger partial charge in [-0.25, -0.2) is 4.98 Å². The minimum Gasteiger partial charge on any atom is -0.303 e. The Balaban J connectivity index is 2.11. The molecule has 0 aliphatic rings. The fourth-order valence-corrected chi connectivity index (χ4v) is 2.78. The largest absolute Gasteiger partial charge is 0.303 e. The van der Waals surface area contributed by atoms with Gasteiger partial charge in [0.25, 0.3) is 0 Å². The fourth-order valence-electron chi connectivity index (χ4n) is 1.43. The van der Waals surface area contributed by atoms with Crippen molar-refractivity contribution in [3.05, 3.63) is 50.4 Å². The lowest BCUT2D eigenvalue weighted by Gasteiger charge is -1.98. The quantitative estimate of drug-likeness (QED) is 0.811. The Morgan fingerprint density at radius 2 is 2.31 bits per heavy atom. The molecule has 0 saturated heterocycles. The maximum absolute atomic E-state index is 10.4. The normalized spacial score (nSPS) is 10.3. The Bertz CT molecular complexity index is 495. The summed E-state index contributed by atoms with van der Waals surface area (Å²) in [5.41, 5.74) is 1.22. The summed E-state index contributed by atoms with van der Waals surface area (Å²) in [7, 11) is 0. The zero-order chi connectivity index (χ0) is 11.4. The van der Waals surface area contributed by atoms with E-state index in [0.29, 0.717) is 6.42 Å². The number of carbonyl (C=O) groups is 1. The number of aromatic nitrogens is 1. The molecule has 0 spiro atoms. The molecule has 0 radical (unpaired) electrons. The first kappa shape index (κ1) is 11.5. The van der Waals surface area contributed by atoms with Gasteiger partial charge < -0.3 is 4.79 Å². The minimum absolute atomic E-state index is 0.468. The first-order valence-corrected chi connectivity index (χ1v) is 6.50. The summed E-state index contributed by atoms with van der Waals surface area (Å²) in [5, 5.41) is 1.05. The Labute approximate surface area is 106 Å². The molecule has 2 aromatic rings. The Morgan fingerprint density at radius 3 is 3.06 bits per heavy atom. The van der Waals surface area contributed by atoms with Crippen molar-refractivity contribution in [3.63, 3.8) is 0 Å². The molecule has 1 heterocycles. The first-order chi connectivity index (χ1) is 7.78. The van der Waals surface area contributed by atoms with Gasteiger partial charge >= 0.3 is 0 Å². The third-order valence-corrected chi connectivity index (χ3v) is 3.64. The second kappa shape index (κ2) is 5.37. The molecule has 0 N–H and O–H groups in total. The molecule has 16 heavy (non-hydrogen) atoms. The molecule has 2 rings (SSSR count). The molecule has 0 aliphatic heterocycles. The van der Waals surface area contributed by atoms with Gasteiger partial charge in [-0.15, -0.1) is 11.3 Å². The lowest BCUT2D eigenvalue weighted by molar-refractivity contribution is -0.107. The van der Waals surface area contributed by atoms with Crippen molar-refractivity contribution >= 4 is 33.6 Å². The summed E-state index contributed by atoms with van der Waals surface area (Å²) >= 11 is 5.04. The SMILES string of the molecule is O=CCc1cnc(Cc2cccc(Br)c2)s1. The topological polar surface area (TPSA) is 30.0 Å². The van der Waals surface area contributed by atoms with Crippen LogP contribution in [0.25, 0.3) is 0 Å². The van der Waals surface area contributed by atoms with Crippen LogP contribution >= 0.6 is 27.3 Å². The Hall–Kier alpha value is -1.000. The second-order valence-corrected chi connectivity index (χ2v) is 5.51. The second-order valence-electron chi connectivity index (χ2n) is 3.40. The van der Waals surface area contributed by atoms with Crippen LogP contribution in [0.15, 0.2) is 34.9 Å². The third-order valence-electron chi connectivity index (χ3n) is 2.13. The molecule has 0 atom stereocenters. The van der Waals surface area contributed by atoms with Gasteiger partial charge in [0.15, 0.2) is 0 Å². The third kappa shape index (κ3) is 3.00. The van der Waals surface area contributed by atoms with Gasteiger partial charge in [-0.3, -0.25) is 0 Å². The van der Waals surface area contributed by atoms with Gasteiger partial charge in [-0.2, -0.15) is 0 Å². The molecule has 1 aromatic heterocycles. The van der Waals surface area contributed by atoms with Crippen LogP contribution in [0.1, 0.15) is 15.4 Å². The van der Waals surface area contributed by atoms with Crippen LogP contribution in [0.3, 0.4) is 0 Å². The van der Waals surface area contributed by atoms with Crippen molar-refractivity contribution in [1.82, 2.24) is 4.98 Å². The van der Waals surface area contributed by atoms with Crippen LogP contribution in [0.5, 0.6) is 0 Å². The molecule has 2 nitrogen and oxygen atoms in total. The van der Waals surface area contributed by atoms with Crippen LogP contribution < -0.4 is 0 Å². The predicted octanol–water partition coefficient (Wildman–Crippen LogP) is 3.24. The summed E-state index contributed by atoms with van der Waals surface area (Å²) in [4.78, 5) is 15.7. The van der Waals surface area contributed by atoms with Crippen molar-refractivity contribution in [2.75, 3.05) is 0 Å². The van der Waals surface area contributed by atoms with Gasteiger partial charge in [0.05, 0.1) is 5.01 Å². The molecular weight excluding hydrogens is 286 g/mol. The number of aldehydes is 1. The van der Waals surface area contributed by atoms with Crippen LogP contribution in [0.4, 0.5) is 0 Å². The molecular formula is C12H10BrNOS. The Kier molecular flexibility index (Phi) is 3.85. The molecule has 0 unspecified atom stereocenters. The predicted molar refractivity (Wildman–Crippen MR) is 68.8 cm³/mol. The number of thiazole rings is 1. The standard InChI is InChI=1S/C12H10BrNOS/c13-10-3-1-2-9(6-10)7-12-14-8-11(16-12)4-5-15/h1-3,5-6,8H,4,7H2.